The Hall–Kier alpha value is -3.42. The lowest BCUT2D eigenvalue weighted by Gasteiger charge is -2.03. The largest absolute Gasteiger partial charge is 0.346 e. The van der Waals surface area contributed by atoms with Crippen LogP contribution in [-0.4, -0.2) is 36.1 Å². The van der Waals surface area contributed by atoms with E-state index in [2.05, 4.69) is 43.0 Å². The van der Waals surface area contributed by atoms with E-state index in [4.69, 9.17) is 0 Å². The molecule has 3 aromatic rings. The van der Waals surface area contributed by atoms with Gasteiger partial charge in [0.05, 0.1) is 17.6 Å². The number of aromatic nitrogens is 6. The smallest absolute Gasteiger partial charge is 0.273 e. The molecule has 8 nitrogen and oxygen atoms in total. The Kier molecular flexibility index (Phi) is 5.52. The number of nitrogens with zero attached hydrogens (tertiary/aromatic N) is 6. The van der Waals surface area contributed by atoms with E-state index in [0.717, 1.165) is 48.6 Å². The van der Waals surface area contributed by atoms with E-state index >= 15 is 0 Å². The zero-order chi connectivity index (χ0) is 21.0. The number of carbonyl (C=O) groups is 1. The molecule has 3 aromatic heterocycles. The van der Waals surface area contributed by atoms with Crippen LogP contribution < -0.4 is 5.32 Å². The van der Waals surface area contributed by atoms with Crippen LogP contribution in [0.5, 0.6) is 0 Å². The molecule has 158 valence electrons. The summed E-state index contributed by atoms with van der Waals surface area (Å²) >= 11 is 0. The van der Waals surface area contributed by atoms with Crippen molar-refractivity contribution in [3.05, 3.63) is 70.6 Å². The Balaban J connectivity index is 1.07. The van der Waals surface area contributed by atoms with Gasteiger partial charge in [0.15, 0.2) is 5.69 Å². The van der Waals surface area contributed by atoms with Gasteiger partial charge in [-0.15, -0.1) is 5.10 Å². The van der Waals surface area contributed by atoms with Crippen molar-refractivity contribution in [1.29, 1.82) is 0 Å². The average molecular weight is 416 g/mol. The second-order valence-corrected chi connectivity index (χ2v) is 8.28. The highest BCUT2D eigenvalue weighted by atomic mass is 16.2. The van der Waals surface area contributed by atoms with Crippen molar-refractivity contribution in [2.24, 2.45) is 5.92 Å². The number of nitrogens with one attached hydrogen (secondary N) is 1. The van der Waals surface area contributed by atoms with Gasteiger partial charge in [0, 0.05) is 31.9 Å². The van der Waals surface area contributed by atoms with Crippen molar-refractivity contribution in [3.8, 4) is 0 Å². The Morgan fingerprint density at radius 1 is 1.19 bits per heavy atom. The van der Waals surface area contributed by atoms with E-state index in [9.17, 15) is 4.79 Å². The Morgan fingerprint density at radius 3 is 2.97 bits per heavy atom. The molecule has 0 spiro atoms. The summed E-state index contributed by atoms with van der Waals surface area (Å²) in [5.74, 6) is 0.560. The quantitative estimate of drug-likeness (QED) is 0.540. The number of fused-ring (bicyclic) bond motifs is 1. The maximum absolute atomic E-state index is 12.2. The molecule has 1 fully saturated rings. The van der Waals surface area contributed by atoms with Crippen molar-refractivity contribution in [1.82, 2.24) is 35.5 Å². The van der Waals surface area contributed by atoms with Crippen LogP contribution in [-0.2, 0) is 25.9 Å². The minimum Gasteiger partial charge on any atom is -0.346 e. The zero-order valence-corrected chi connectivity index (χ0v) is 17.4. The summed E-state index contributed by atoms with van der Waals surface area (Å²) in [6.45, 7) is 1.13. The normalized spacial score (nSPS) is 14.9. The van der Waals surface area contributed by atoms with Gasteiger partial charge in [-0.05, 0) is 61.3 Å². The maximum atomic E-state index is 12.2. The molecular formula is C23H25N7O. The van der Waals surface area contributed by atoms with Gasteiger partial charge in [0.2, 0.25) is 0 Å². The number of carbonyl (C=O) groups excluding carboxylic acids is 1. The minimum atomic E-state index is -0.234. The first-order chi connectivity index (χ1) is 15.2. The second kappa shape index (κ2) is 8.75. The predicted molar refractivity (Wildman–Crippen MR) is 115 cm³/mol. The maximum Gasteiger partial charge on any atom is 0.273 e. The molecule has 5 rings (SSSR count). The summed E-state index contributed by atoms with van der Waals surface area (Å²) in [5.41, 5.74) is 6.23. The number of aryl methyl sites for hydroxylation is 2. The lowest BCUT2D eigenvalue weighted by atomic mass is 10.1. The van der Waals surface area contributed by atoms with E-state index in [1.807, 2.05) is 12.1 Å². The highest BCUT2D eigenvalue weighted by molar-refractivity contribution is 5.91. The summed E-state index contributed by atoms with van der Waals surface area (Å²) < 4.78 is 1.72. The molecule has 0 saturated heterocycles. The van der Waals surface area contributed by atoms with Crippen molar-refractivity contribution < 1.29 is 4.79 Å². The van der Waals surface area contributed by atoms with Gasteiger partial charge in [-0.2, -0.15) is 10.2 Å². The van der Waals surface area contributed by atoms with E-state index < -0.39 is 0 Å². The second-order valence-electron chi connectivity index (χ2n) is 8.28. The number of unbranched alkanes of at least 4 members (excludes halogenated alkanes) is 1. The van der Waals surface area contributed by atoms with Gasteiger partial charge in [0.1, 0.15) is 0 Å². The Bertz CT molecular complexity index is 1100. The molecular weight excluding hydrogens is 390 g/mol. The summed E-state index contributed by atoms with van der Waals surface area (Å²) in [4.78, 5) is 16.3. The number of amides is 1. The number of hydrogen-bond donors (Lipinski definition) is 1. The molecule has 2 aliphatic rings. The van der Waals surface area contributed by atoms with Crippen molar-refractivity contribution >= 4 is 12.0 Å². The standard InChI is InChI=1S/C23H25N7O/c31-23(25-14-16-4-3-8-24-13-16)22-15-30(29-28-22)9-2-1-5-20-11-19-10-18(17-6-7-17)12-21(19)27-26-20/h3-4,8,10-11,13,15,17H,1-2,5-7,9,12,14H2,(H,25,31). The number of rotatable bonds is 9. The molecule has 3 heterocycles. The fourth-order valence-corrected chi connectivity index (χ4v) is 3.89. The first-order valence-corrected chi connectivity index (χ1v) is 10.9. The van der Waals surface area contributed by atoms with Gasteiger partial charge in [-0.25, -0.2) is 0 Å². The fourth-order valence-electron chi connectivity index (χ4n) is 3.89. The fraction of sp³-hybridized carbons (Fsp3) is 0.391. The molecule has 2 aliphatic carbocycles. The van der Waals surface area contributed by atoms with E-state index in [1.54, 1.807) is 23.3 Å². The van der Waals surface area contributed by atoms with Crippen LogP contribution in [0.15, 0.2) is 42.4 Å². The number of pyridine rings is 1. The van der Waals surface area contributed by atoms with Crippen LogP contribution in [0, 0.1) is 5.92 Å². The van der Waals surface area contributed by atoms with Crippen LogP contribution in [0.2, 0.25) is 0 Å². The number of allylic oxidation sites excluding steroid dienone is 1. The predicted octanol–water partition coefficient (Wildman–Crippen LogP) is 2.77. The molecule has 1 saturated carbocycles. The molecule has 1 N–H and O–H groups in total. The molecule has 0 aromatic carbocycles. The highest BCUT2D eigenvalue weighted by Gasteiger charge is 2.29. The number of hydrogen-bond acceptors (Lipinski definition) is 6. The van der Waals surface area contributed by atoms with E-state index in [1.165, 1.54) is 24.0 Å². The molecule has 8 heteroatoms. The van der Waals surface area contributed by atoms with Crippen LogP contribution in [0.4, 0.5) is 0 Å². The molecule has 0 aliphatic heterocycles. The molecule has 31 heavy (non-hydrogen) atoms. The molecule has 0 unspecified atom stereocenters. The lowest BCUT2D eigenvalue weighted by Crippen LogP contribution is -2.23. The lowest BCUT2D eigenvalue weighted by molar-refractivity contribution is 0.0946. The average Bonchev–Trinajstić information content (AvgIpc) is 3.39. The van der Waals surface area contributed by atoms with Crippen molar-refractivity contribution in [2.45, 2.75) is 51.6 Å². The van der Waals surface area contributed by atoms with Crippen LogP contribution >= 0.6 is 0 Å². The van der Waals surface area contributed by atoms with Crippen LogP contribution in [0.3, 0.4) is 0 Å². The van der Waals surface area contributed by atoms with Crippen molar-refractivity contribution in [2.75, 3.05) is 0 Å². The van der Waals surface area contributed by atoms with Crippen LogP contribution in [0.25, 0.3) is 6.08 Å². The molecule has 1 amide bonds. The summed E-state index contributed by atoms with van der Waals surface area (Å²) in [7, 11) is 0. The Morgan fingerprint density at radius 2 is 2.13 bits per heavy atom. The van der Waals surface area contributed by atoms with E-state index in [0.29, 0.717) is 18.8 Å². The third-order valence-corrected chi connectivity index (χ3v) is 5.79. The first kappa shape index (κ1) is 19.5. The zero-order valence-electron chi connectivity index (χ0n) is 17.4. The van der Waals surface area contributed by atoms with Gasteiger partial charge >= 0.3 is 0 Å². The third kappa shape index (κ3) is 4.84. The monoisotopic (exact) mass is 415 g/mol. The topological polar surface area (TPSA) is 98.5 Å². The first-order valence-electron chi connectivity index (χ1n) is 10.9. The van der Waals surface area contributed by atoms with Gasteiger partial charge in [-0.3, -0.25) is 14.5 Å². The third-order valence-electron chi connectivity index (χ3n) is 5.79. The Labute approximate surface area is 180 Å². The van der Waals surface area contributed by atoms with E-state index in [-0.39, 0.29) is 5.91 Å². The molecule has 0 atom stereocenters. The summed E-state index contributed by atoms with van der Waals surface area (Å²) in [6.07, 6.45) is 13.9. The summed E-state index contributed by atoms with van der Waals surface area (Å²) in [5, 5.41) is 19.7. The highest BCUT2D eigenvalue weighted by Crippen LogP contribution is 2.41. The van der Waals surface area contributed by atoms with Crippen molar-refractivity contribution in [3.63, 3.8) is 0 Å². The minimum absolute atomic E-state index is 0.234. The van der Waals surface area contributed by atoms with Gasteiger partial charge in [0.25, 0.3) is 5.91 Å². The van der Waals surface area contributed by atoms with Gasteiger partial charge < -0.3 is 5.32 Å². The van der Waals surface area contributed by atoms with Gasteiger partial charge in [-0.1, -0.05) is 22.9 Å². The molecule has 0 radical (unpaired) electrons. The summed E-state index contributed by atoms with van der Waals surface area (Å²) in [6, 6.07) is 5.95. The van der Waals surface area contributed by atoms with Crippen LogP contribution in [0.1, 0.15) is 58.7 Å². The molecule has 0 bridgehead atoms. The SMILES string of the molecule is O=C(NCc1cccnc1)c1cn(CCCCc2cc3c(nn2)CC(C2CC2)=C3)nn1.